The second kappa shape index (κ2) is 9.39. The Labute approximate surface area is 158 Å². The van der Waals surface area contributed by atoms with Crippen molar-refractivity contribution in [3.05, 3.63) is 65.2 Å². The van der Waals surface area contributed by atoms with Crippen LogP contribution in [0.15, 0.2) is 48.5 Å². The van der Waals surface area contributed by atoms with Gasteiger partial charge in [0.25, 0.3) is 5.91 Å². The molecular weight excluding hydrogens is 344 g/mol. The van der Waals surface area contributed by atoms with Crippen molar-refractivity contribution in [3.63, 3.8) is 0 Å². The summed E-state index contributed by atoms with van der Waals surface area (Å²) in [7, 11) is 1.29. The van der Waals surface area contributed by atoms with Crippen LogP contribution in [0.1, 0.15) is 23.6 Å². The minimum absolute atomic E-state index is 0.162. The van der Waals surface area contributed by atoms with Gasteiger partial charge < -0.3 is 14.4 Å². The number of methoxy groups -OCH3 is 1. The van der Waals surface area contributed by atoms with Gasteiger partial charge in [-0.05, 0) is 49.2 Å². The molecule has 2 rings (SSSR count). The Hall–Kier alpha value is -3.33. The molecule has 2 aromatic rings. The van der Waals surface area contributed by atoms with E-state index < -0.39 is 12.1 Å². The van der Waals surface area contributed by atoms with Gasteiger partial charge in [0.05, 0.1) is 18.7 Å². The highest BCUT2D eigenvalue weighted by atomic mass is 16.5. The van der Waals surface area contributed by atoms with Crippen LogP contribution in [0.5, 0.6) is 5.75 Å². The highest BCUT2D eigenvalue weighted by Crippen LogP contribution is 2.16. The second-order valence-electron chi connectivity index (χ2n) is 6.09. The van der Waals surface area contributed by atoms with Crippen LogP contribution in [-0.4, -0.2) is 36.5 Å². The van der Waals surface area contributed by atoms with Gasteiger partial charge in [0.15, 0.2) is 6.10 Å². The van der Waals surface area contributed by atoms with Crippen molar-refractivity contribution >= 4 is 11.9 Å². The number of ether oxygens (including phenoxy) is 2. The number of hydrogen-bond acceptors (Lipinski definition) is 5. The topological polar surface area (TPSA) is 79.6 Å². The molecule has 1 unspecified atom stereocenters. The largest absolute Gasteiger partial charge is 0.481 e. The highest BCUT2D eigenvalue weighted by Gasteiger charge is 2.25. The maximum Gasteiger partial charge on any atom is 0.325 e. The summed E-state index contributed by atoms with van der Waals surface area (Å²) in [6.45, 7) is 3.70. The fraction of sp³-hybridized carbons (Fsp3) is 0.286. The third-order valence-corrected chi connectivity index (χ3v) is 4.13. The molecule has 6 nitrogen and oxygen atoms in total. The molecule has 0 aliphatic carbocycles. The number of rotatable bonds is 7. The lowest BCUT2D eigenvalue weighted by Crippen LogP contribution is -2.43. The quantitative estimate of drug-likeness (QED) is 0.704. The zero-order valence-electron chi connectivity index (χ0n) is 15.6. The third kappa shape index (κ3) is 5.58. The van der Waals surface area contributed by atoms with Crippen LogP contribution in [0.4, 0.5) is 0 Å². The van der Waals surface area contributed by atoms with Crippen molar-refractivity contribution in [3.8, 4) is 11.8 Å². The van der Waals surface area contributed by atoms with Gasteiger partial charge in [-0.2, -0.15) is 5.26 Å². The fourth-order valence-corrected chi connectivity index (χ4v) is 2.54. The van der Waals surface area contributed by atoms with E-state index in [9.17, 15) is 9.59 Å². The SMILES string of the molecule is COC(=O)CN(Cc1ccccc1C)C(=O)C(C)Oc1ccc(C#N)cc1. The van der Waals surface area contributed by atoms with Gasteiger partial charge in [-0.3, -0.25) is 9.59 Å². The average molecular weight is 366 g/mol. The van der Waals surface area contributed by atoms with E-state index in [0.29, 0.717) is 11.3 Å². The molecule has 27 heavy (non-hydrogen) atoms. The standard InChI is InChI=1S/C21H22N2O4/c1-15-6-4-5-7-18(15)13-23(14-20(24)26-3)21(25)16(2)27-19-10-8-17(12-22)9-11-19/h4-11,16H,13-14H2,1-3H3. The molecule has 0 N–H and O–H groups in total. The number of nitriles is 1. The molecule has 1 atom stereocenters. The van der Waals surface area contributed by atoms with Crippen molar-refractivity contribution < 1.29 is 19.1 Å². The number of carbonyl (C=O) groups is 2. The Bertz CT molecular complexity index is 840. The van der Waals surface area contributed by atoms with Crippen molar-refractivity contribution in [2.75, 3.05) is 13.7 Å². The van der Waals surface area contributed by atoms with Crippen LogP contribution in [0, 0.1) is 18.3 Å². The first-order valence-corrected chi connectivity index (χ1v) is 8.51. The Balaban J connectivity index is 2.14. The lowest BCUT2D eigenvalue weighted by Gasteiger charge is -2.26. The summed E-state index contributed by atoms with van der Waals surface area (Å²) in [5, 5.41) is 8.85. The van der Waals surface area contributed by atoms with Crippen molar-refractivity contribution in [1.29, 1.82) is 5.26 Å². The minimum Gasteiger partial charge on any atom is -0.481 e. The molecule has 0 radical (unpaired) electrons. The Morgan fingerprint density at radius 3 is 2.41 bits per heavy atom. The summed E-state index contributed by atoms with van der Waals surface area (Å²) in [5.41, 5.74) is 2.48. The molecule has 0 saturated heterocycles. The molecular formula is C21H22N2O4. The van der Waals surface area contributed by atoms with Gasteiger partial charge in [-0.15, -0.1) is 0 Å². The predicted molar refractivity (Wildman–Crippen MR) is 99.9 cm³/mol. The molecule has 140 valence electrons. The van der Waals surface area contributed by atoms with Gasteiger partial charge in [0.1, 0.15) is 12.3 Å². The number of nitrogens with zero attached hydrogens (tertiary/aromatic N) is 2. The Morgan fingerprint density at radius 1 is 1.15 bits per heavy atom. The van der Waals surface area contributed by atoms with E-state index in [1.807, 2.05) is 37.3 Å². The van der Waals surface area contributed by atoms with Crippen LogP contribution < -0.4 is 4.74 Å². The first kappa shape index (κ1) is 20.0. The van der Waals surface area contributed by atoms with E-state index in [1.165, 1.54) is 12.0 Å². The molecule has 0 aliphatic heterocycles. The monoisotopic (exact) mass is 366 g/mol. The third-order valence-electron chi connectivity index (χ3n) is 4.13. The van der Waals surface area contributed by atoms with Gasteiger partial charge in [0.2, 0.25) is 0 Å². The van der Waals surface area contributed by atoms with Crippen LogP contribution in [0.25, 0.3) is 0 Å². The average Bonchev–Trinajstić information content (AvgIpc) is 2.68. The Morgan fingerprint density at radius 2 is 1.81 bits per heavy atom. The lowest BCUT2D eigenvalue weighted by molar-refractivity contribution is -0.150. The summed E-state index contributed by atoms with van der Waals surface area (Å²) < 4.78 is 10.4. The van der Waals surface area contributed by atoms with Crippen LogP contribution >= 0.6 is 0 Å². The molecule has 0 spiro atoms. The fourth-order valence-electron chi connectivity index (χ4n) is 2.54. The summed E-state index contributed by atoms with van der Waals surface area (Å²) in [6, 6.07) is 16.2. The number of amides is 1. The molecule has 0 saturated carbocycles. The van der Waals surface area contributed by atoms with E-state index in [2.05, 4.69) is 0 Å². The molecule has 1 amide bonds. The number of esters is 1. The molecule has 0 bridgehead atoms. The molecule has 0 heterocycles. The summed E-state index contributed by atoms with van der Waals surface area (Å²) in [6.07, 6.45) is -0.799. The molecule has 0 fully saturated rings. The van der Waals surface area contributed by atoms with Crippen LogP contribution in [0.2, 0.25) is 0 Å². The molecule has 0 aliphatic rings. The van der Waals surface area contributed by atoms with Gasteiger partial charge in [0, 0.05) is 6.54 Å². The lowest BCUT2D eigenvalue weighted by atomic mass is 10.1. The minimum atomic E-state index is -0.799. The number of carbonyl (C=O) groups excluding carboxylic acids is 2. The van der Waals surface area contributed by atoms with E-state index in [4.69, 9.17) is 14.7 Å². The summed E-state index contributed by atoms with van der Waals surface area (Å²) >= 11 is 0. The number of hydrogen-bond donors (Lipinski definition) is 0. The number of benzene rings is 2. The number of aryl methyl sites for hydroxylation is 1. The maximum atomic E-state index is 12.9. The zero-order valence-corrected chi connectivity index (χ0v) is 15.6. The molecule has 2 aromatic carbocycles. The normalized spacial score (nSPS) is 11.2. The highest BCUT2D eigenvalue weighted by molar-refractivity contribution is 5.85. The van der Waals surface area contributed by atoms with Gasteiger partial charge in [-0.25, -0.2) is 0 Å². The van der Waals surface area contributed by atoms with E-state index >= 15 is 0 Å². The summed E-state index contributed by atoms with van der Waals surface area (Å²) in [5.74, 6) is -0.348. The first-order valence-electron chi connectivity index (χ1n) is 8.51. The van der Waals surface area contributed by atoms with Crippen molar-refractivity contribution in [2.45, 2.75) is 26.5 Å². The second-order valence-corrected chi connectivity index (χ2v) is 6.09. The van der Waals surface area contributed by atoms with Crippen LogP contribution in [0.3, 0.4) is 0 Å². The molecule has 0 aromatic heterocycles. The Kier molecular flexibility index (Phi) is 6.95. The maximum absolute atomic E-state index is 12.9. The van der Waals surface area contributed by atoms with E-state index in [1.54, 1.807) is 31.2 Å². The van der Waals surface area contributed by atoms with Gasteiger partial charge in [-0.1, -0.05) is 24.3 Å². The zero-order chi connectivity index (χ0) is 19.8. The van der Waals surface area contributed by atoms with Crippen LogP contribution in [-0.2, 0) is 20.9 Å². The summed E-state index contributed by atoms with van der Waals surface area (Å²) in [4.78, 5) is 26.1. The van der Waals surface area contributed by atoms with Gasteiger partial charge >= 0.3 is 5.97 Å². The predicted octanol–water partition coefficient (Wildman–Crippen LogP) is 2.84. The molecule has 6 heteroatoms. The smallest absolute Gasteiger partial charge is 0.325 e. The first-order chi connectivity index (χ1) is 12.9. The van der Waals surface area contributed by atoms with E-state index in [0.717, 1.165) is 11.1 Å². The van der Waals surface area contributed by atoms with Crippen molar-refractivity contribution in [1.82, 2.24) is 4.90 Å². The van der Waals surface area contributed by atoms with E-state index in [-0.39, 0.29) is 19.0 Å². The van der Waals surface area contributed by atoms with Crippen molar-refractivity contribution in [2.24, 2.45) is 0 Å².